The van der Waals surface area contributed by atoms with E-state index in [2.05, 4.69) is 11.1 Å². The van der Waals surface area contributed by atoms with Crippen LogP contribution in [0, 0.1) is 11.3 Å². The van der Waals surface area contributed by atoms with E-state index in [1.165, 1.54) is 9.13 Å². The molecule has 0 unspecified atom stereocenters. The van der Waals surface area contributed by atoms with Crippen molar-refractivity contribution in [3.05, 3.63) is 117 Å². The number of aromatic nitrogens is 5. The lowest BCUT2D eigenvalue weighted by molar-refractivity contribution is 0.325. The van der Waals surface area contributed by atoms with Crippen LogP contribution in [0.5, 0.6) is 5.75 Å². The topological polar surface area (TPSA) is 111 Å². The first-order valence-corrected chi connectivity index (χ1v) is 13.9. The SMILES string of the molecule is CC(C)=CCn1c(-c2ccc(OCCN(C)c3ccccn3)cc2)nc2c1c(=O)n(Cc1ccccc1C#N)c(=O)n2C. The Morgan fingerprint density at radius 3 is 2.47 bits per heavy atom. The maximum Gasteiger partial charge on any atom is 0.332 e. The van der Waals surface area contributed by atoms with Crippen molar-refractivity contribution >= 4 is 17.0 Å². The number of rotatable bonds is 10. The molecule has 0 fully saturated rings. The highest BCUT2D eigenvalue weighted by atomic mass is 16.5. The zero-order chi connectivity index (χ0) is 30.5. The normalized spacial score (nSPS) is 10.9. The van der Waals surface area contributed by atoms with E-state index in [0.717, 1.165) is 17.0 Å². The predicted octanol–water partition coefficient (Wildman–Crippen LogP) is 4.36. The monoisotopic (exact) mass is 575 g/mol. The summed E-state index contributed by atoms with van der Waals surface area (Å²) in [6.45, 7) is 5.50. The van der Waals surface area contributed by atoms with Crippen LogP contribution in [0.25, 0.3) is 22.6 Å². The molecular weight excluding hydrogens is 542 g/mol. The van der Waals surface area contributed by atoms with Gasteiger partial charge in [-0.3, -0.25) is 13.9 Å². The molecule has 2 aromatic carbocycles. The molecule has 0 N–H and O–H groups in total. The van der Waals surface area contributed by atoms with Gasteiger partial charge in [0.25, 0.3) is 5.56 Å². The van der Waals surface area contributed by atoms with Crippen molar-refractivity contribution in [3.8, 4) is 23.2 Å². The van der Waals surface area contributed by atoms with Gasteiger partial charge >= 0.3 is 5.69 Å². The number of hydrogen-bond donors (Lipinski definition) is 0. The molecule has 0 saturated heterocycles. The van der Waals surface area contributed by atoms with Gasteiger partial charge in [-0.25, -0.2) is 14.8 Å². The number of allylic oxidation sites excluding steroid dienone is 2. The summed E-state index contributed by atoms with van der Waals surface area (Å²) in [5.74, 6) is 2.15. The predicted molar refractivity (Wildman–Crippen MR) is 167 cm³/mol. The first-order chi connectivity index (χ1) is 20.8. The van der Waals surface area contributed by atoms with Crippen LogP contribution >= 0.6 is 0 Å². The molecule has 0 bridgehead atoms. The summed E-state index contributed by atoms with van der Waals surface area (Å²) in [5, 5.41) is 9.54. The molecule has 0 aliphatic carbocycles. The Hall–Kier alpha value is -5.43. The molecule has 218 valence electrons. The minimum Gasteiger partial charge on any atom is -0.492 e. The van der Waals surface area contributed by atoms with Crippen LogP contribution in [0.15, 0.2) is 94.2 Å². The van der Waals surface area contributed by atoms with Crippen LogP contribution < -0.4 is 20.9 Å². The highest BCUT2D eigenvalue weighted by Crippen LogP contribution is 2.25. The second-order valence-electron chi connectivity index (χ2n) is 10.5. The number of benzene rings is 2. The Morgan fingerprint density at radius 2 is 1.77 bits per heavy atom. The van der Waals surface area contributed by atoms with E-state index in [0.29, 0.717) is 53.6 Å². The average Bonchev–Trinajstić information content (AvgIpc) is 3.41. The molecule has 3 aromatic heterocycles. The molecule has 5 aromatic rings. The minimum absolute atomic E-state index is 0.0180. The summed E-state index contributed by atoms with van der Waals surface area (Å²) in [6, 6.07) is 22.4. The lowest BCUT2D eigenvalue weighted by Crippen LogP contribution is -2.40. The van der Waals surface area contributed by atoms with Gasteiger partial charge in [0, 0.05) is 32.4 Å². The van der Waals surface area contributed by atoms with Crippen LogP contribution in [-0.4, -0.2) is 43.9 Å². The van der Waals surface area contributed by atoms with E-state index in [9.17, 15) is 14.9 Å². The number of pyridine rings is 1. The first-order valence-electron chi connectivity index (χ1n) is 13.9. The van der Waals surface area contributed by atoms with Gasteiger partial charge in [-0.05, 0) is 61.9 Å². The Labute approximate surface area is 249 Å². The molecule has 43 heavy (non-hydrogen) atoms. The average molecular weight is 576 g/mol. The molecule has 0 radical (unpaired) electrons. The molecule has 0 saturated carbocycles. The molecule has 10 nitrogen and oxygen atoms in total. The highest BCUT2D eigenvalue weighted by molar-refractivity contribution is 5.77. The number of nitrogens with zero attached hydrogens (tertiary/aromatic N) is 7. The minimum atomic E-state index is -0.497. The lowest BCUT2D eigenvalue weighted by Gasteiger charge is -2.18. The third-order valence-electron chi connectivity index (χ3n) is 7.23. The second-order valence-corrected chi connectivity index (χ2v) is 10.5. The number of ether oxygens (including phenoxy) is 1. The molecule has 0 aliphatic rings. The zero-order valence-corrected chi connectivity index (χ0v) is 24.7. The first kappa shape index (κ1) is 29.1. The third kappa shape index (κ3) is 6.11. The van der Waals surface area contributed by atoms with Gasteiger partial charge < -0.3 is 14.2 Å². The van der Waals surface area contributed by atoms with Crippen LogP contribution in [-0.2, 0) is 20.1 Å². The number of fused-ring (bicyclic) bond motifs is 1. The Bertz CT molecular complexity index is 1940. The van der Waals surface area contributed by atoms with Crippen molar-refractivity contribution in [2.24, 2.45) is 7.05 Å². The van der Waals surface area contributed by atoms with Gasteiger partial charge in [-0.15, -0.1) is 0 Å². The maximum absolute atomic E-state index is 13.9. The molecule has 0 aliphatic heterocycles. The van der Waals surface area contributed by atoms with Crippen LogP contribution in [0.4, 0.5) is 5.82 Å². The number of likely N-dealkylation sites (N-methyl/N-ethyl adjacent to an activating group) is 1. The van der Waals surface area contributed by atoms with E-state index in [1.807, 2.05) is 78.9 Å². The van der Waals surface area contributed by atoms with Gasteiger partial charge in [0.2, 0.25) is 0 Å². The number of imidazole rings is 1. The quantitative estimate of drug-likeness (QED) is 0.228. The van der Waals surface area contributed by atoms with E-state index < -0.39 is 11.2 Å². The Kier molecular flexibility index (Phi) is 8.53. The van der Waals surface area contributed by atoms with Crippen molar-refractivity contribution in [3.63, 3.8) is 0 Å². The molecule has 5 rings (SSSR count). The van der Waals surface area contributed by atoms with Crippen LogP contribution in [0.3, 0.4) is 0 Å². The number of anilines is 1. The molecule has 0 spiro atoms. The molecule has 10 heteroatoms. The summed E-state index contributed by atoms with van der Waals surface area (Å²) in [7, 11) is 3.58. The Balaban J connectivity index is 1.49. The zero-order valence-electron chi connectivity index (χ0n) is 24.7. The maximum atomic E-state index is 13.9. The van der Waals surface area contributed by atoms with Crippen LogP contribution in [0.2, 0.25) is 0 Å². The van der Waals surface area contributed by atoms with Crippen molar-refractivity contribution in [1.29, 1.82) is 5.26 Å². The van der Waals surface area contributed by atoms with E-state index in [-0.39, 0.29) is 6.54 Å². The van der Waals surface area contributed by atoms with Gasteiger partial charge in [0.15, 0.2) is 11.2 Å². The third-order valence-corrected chi connectivity index (χ3v) is 7.23. The van der Waals surface area contributed by atoms with Crippen molar-refractivity contribution in [2.45, 2.75) is 26.9 Å². The molecule has 3 heterocycles. The van der Waals surface area contributed by atoms with Crippen molar-refractivity contribution in [2.75, 3.05) is 25.1 Å². The summed E-state index contributed by atoms with van der Waals surface area (Å²) in [6.07, 6.45) is 3.78. The van der Waals surface area contributed by atoms with Gasteiger partial charge in [0.1, 0.15) is 24.0 Å². The lowest BCUT2D eigenvalue weighted by atomic mass is 10.1. The van der Waals surface area contributed by atoms with E-state index in [1.54, 1.807) is 37.5 Å². The fourth-order valence-corrected chi connectivity index (χ4v) is 4.82. The fourth-order valence-electron chi connectivity index (χ4n) is 4.82. The number of aryl methyl sites for hydroxylation is 1. The summed E-state index contributed by atoms with van der Waals surface area (Å²) >= 11 is 0. The Morgan fingerprint density at radius 1 is 1.02 bits per heavy atom. The summed E-state index contributed by atoms with van der Waals surface area (Å²) in [4.78, 5) is 38.4. The van der Waals surface area contributed by atoms with Crippen LogP contribution in [0.1, 0.15) is 25.0 Å². The molecular formula is C33H33N7O3. The van der Waals surface area contributed by atoms with Gasteiger partial charge in [0.05, 0.1) is 24.7 Å². The highest BCUT2D eigenvalue weighted by Gasteiger charge is 2.21. The summed E-state index contributed by atoms with van der Waals surface area (Å²) in [5.41, 5.74) is 2.55. The standard InChI is InChI=1S/C33H33N7O3/c1-23(2)16-18-39-29-31(38(4)33(42)40(32(29)41)22-26-10-6-5-9-25(26)21-34)36-30(39)24-12-14-27(15-13-24)43-20-19-37(3)28-11-7-8-17-35-28/h5-17H,18-20,22H2,1-4H3. The molecule has 0 amide bonds. The summed E-state index contributed by atoms with van der Waals surface area (Å²) < 4.78 is 10.4. The van der Waals surface area contributed by atoms with E-state index in [4.69, 9.17) is 9.72 Å². The number of nitriles is 1. The van der Waals surface area contributed by atoms with Crippen molar-refractivity contribution in [1.82, 2.24) is 23.7 Å². The van der Waals surface area contributed by atoms with Gasteiger partial charge in [-0.2, -0.15) is 5.26 Å². The smallest absolute Gasteiger partial charge is 0.332 e. The van der Waals surface area contributed by atoms with E-state index >= 15 is 0 Å². The number of hydrogen-bond acceptors (Lipinski definition) is 7. The second kappa shape index (κ2) is 12.6. The van der Waals surface area contributed by atoms with Gasteiger partial charge in [-0.1, -0.05) is 35.9 Å². The fraction of sp³-hybridized carbons (Fsp3) is 0.242. The molecule has 0 atom stereocenters. The largest absolute Gasteiger partial charge is 0.492 e. The van der Waals surface area contributed by atoms with Crippen molar-refractivity contribution < 1.29 is 4.74 Å².